The lowest BCUT2D eigenvalue weighted by Gasteiger charge is -2.50. The number of hydrogen-bond donors (Lipinski definition) is 1. The molecule has 3 fully saturated rings. The van der Waals surface area contributed by atoms with Crippen LogP contribution in [0.4, 0.5) is 13.2 Å². The molecule has 2 heterocycles. The molecule has 4 rings (SSSR count). The number of carbonyl (C=O) groups excluding carboxylic acids is 1. The van der Waals surface area contributed by atoms with Crippen LogP contribution in [-0.2, 0) is 4.79 Å². The molecular weight excluding hydrogens is 391 g/mol. The highest BCUT2D eigenvalue weighted by Crippen LogP contribution is 2.42. The van der Waals surface area contributed by atoms with E-state index in [1.165, 1.54) is 37.8 Å². The van der Waals surface area contributed by atoms with Crippen LogP contribution in [-0.4, -0.2) is 66.2 Å². The van der Waals surface area contributed by atoms with E-state index < -0.39 is 17.2 Å². The molecule has 2 aliphatic heterocycles. The van der Waals surface area contributed by atoms with Crippen LogP contribution in [0.2, 0.25) is 0 Å². The Bertz CT molecular complexity index is 720. The van der Waals surface area contributed by atoms with Crippen molar-refractivity contribution in [3.63, 3.8) is 0 Å². The molecule has 1 spiro atoms. The number of rotatable bonds is 3. The maximum absolute atomic E-state index is 13.5. The van der Waals surface area contributed by atoms with Gasteiger partial charge in [-0.3, -0.25) is 9.69 Å². The summed E-state index contributed by atoms with van der Waals surface area (Å²) in [5, 5.41) is 3.75. The lowest BCUT2D eigenvalue weighted by atomic mass is 9.73. The molecule has 1 amide bonds. The van der Waals surface area contributed by atoms with Gasteiger partial charge in [-0.05, 0) is 77.9 Å². The van der Waals surface area contributed by atoms with E-state index in [4.69, 9.17) is 0 Å². The normalized spacial score (nSPS) is 37.6. The summed E-state index contributed by atoms with van der Waals surface area (Å²) in [6.45, 7) is 4.99. The Labute approximate surface area is 177 Å². The van der Waals surface area contributed by atoms with E-state index in [9.17, 15) is 18.0 Å². The molecule has 4 atom stereocenters. The van der Waals surface area contributed by atoms with Crippen molar-refractivity contribution in [1.82, 2.24) is 15.1 Å². The van der Waals surface area contributed by atoms with Crippen LogP contribution in [0.1, 0.15) is 58.3 Å². The average molecular weight is 426 g/mol. The predicted molar refractivity (Wildman–Crippen MR) is 111 cm³/mol. The number of allylic oxidation sites excluding steroid dienone is 3. The van der Waals surface area contributed by atoms with Crippen molar-refractivity contribution in [3.8, 4) is 0 Å². The van der Waals surface area contributed by atoms with Crippen molar-refractivity contribution < 1.29 is 18.0 Å². The molecule has 2 saturated heterocycles. The largest absolute Gasteiger partial charge is 0.416 e. The zero-order valence-electron chi connectivity index (χ0n) is 18.1. The molecule has 0 aromatic heterocycles. The summed E-state index contributed by atoms with van der Waals surface area (Å²) in [6.07, 6.45) is 7.31. The maximum Gasteiger partial charge on any atom is 0.416 e. The average Bonchev–Trinajstić information content (AvgIpc) is 3.39. The summed E-state index contributed by atoms with van der Waals surface area (Å²) in [7, 11) is 1.86. The quantitative estimate of drug-likeness (QED) is 0.741. The Hall–Kier alpha value is -1.34. The van der Waals surface area contributed by atoms with Crippen molar-refractivity contribution in [2.45, 2.75) is 82.1 Å². The number of amides is 1. The Morgan fingerprint density at radius 2 is 1.97 bits per heavy atom. The highest BCUT2D eigenvalue weighted by Gasteiger charge is 2.48. The Morgan fingerprint density at radius 3 is 2.53 bits per heavy atom. The Balaban J connectivity index is 1.51. The number of halogens is 3. The summed E-state index contributed by atoms with van der Waals surface area (Å²) >= 11 is 0. The molecule has 1 N–H and O–H groups in total. The molecular formula is C23H34F3N3O. The van der Waals surface area contributed by atoms with Crippen LogP contribution in [0, 0.1) is 5.41 Å². The van der Waals surface area contributed by atoms with Gasteiger partial charge < -0.3 is 10.2 Å². The molecule has 0 bridgehead atoms. The number of likely N-dealkylation sites (N-methyl/N-ethyl adjacent to an activating group) is 1. The SMILES string of the molecule is CN(C(=O)C1(C)C=CC(C(F)(F)F)=CC1)C1CCC2(CCCN2)CC1N1CCCC1. The minimum atomic E-state index is -4.36. The van der Waals surface area contributed by atoms with Crippen LogP contribution in [0.25, 0.3) is 0 Å². The highest BCUT2D eigenvalue weighted by molar-refractivity contribution is 5.85. The number of nitrogens with one attached hydrogen (secondary N) is 1. The monoisotopic (exact) mass is 425 g/mol. The molecule has 1 saturated carbocycles. The first-order valence-corrected chi connectivity index (χ1v) is 11.4. The molecule has 4 aliphatic rings. The summed E-state index contributed by atoms with van der Waals surface area (Å²) in [6, 6.07) is 0.431. The molecule has 4 nitrogen and oxygen atoms in total. The van der Waals surface area contributed by atoms with Crippen LogP contribution in [0.3, 0.4) is 0 Å². The second kappa shape index (κ2) is 7.97. The van der Waals surface area contributed by atoms with Crippen LogP contribution < -0.4 is 5.32 Å². The van der Waals surface area contributed by atoms with Gasteiger partial charge in [0.25, 0.3) is 0 Å². The lowest BCUT2D eigenvalue weighted by molar-refractivity contribution is -0.142. The van der Waals surface area contributed by atoms with Gasteiger partial charge in [-0.15, -0.1) is 0 Å². The summed E-state index contributed by atoms with van der Waals surface area (Å²) < 4.78 is 39.0. The van der Waals surface area contributed by atoms with Crippen molar-refractivity contribution >= 4 is 5.91 Å². The third-order valence-corrected chi connectivity index (χ3v) is 7.91. The second-order valence-corrected chi connectivity index (χ2v) is 9.96. The van der Waals surface area contributed by atoms with Gasteiger partial charge in [0.05, 0.1) is 11.0 Å². The maximum atomic E-state index is 13.5. The smallest absolute Gasteiger partial charge is 0.340 e. The second-order valence-electron chi connectivity index (χ2n) is 9.96. The number of likely N-dealkylation sites (tertiary alicyclic amines) is 1. The van der Waals surface area contributed by atoms with E-state index >= 15 is 0 Å². The molecule has 30 heavy (non-hydrogen) atoms. The van der Waals surface area contributed by atoms with Gasteiger partial charge >= 0.3 is 6.18 Å². The number of carbonyl (C=O) groups is 1. The number of hydrogen-bond acceptors (Lipinski definition) is 3. The first-order valence-electron chi connectivity index (χ1n) is 11.4. The third kappa shape index (κ3) is 4.07. The minimum absolute atomic E-state index is 0.0687. The van der Waals surface area contributed by atoms with Crippen LogP contribution >= 0.6 is 0 Å². The van der Waals surface area contributed by atoms with E-state index in [2.05, 4.69) is 10.2 Å². The van der Waals surface area contributed by atoms with E-state index in [1.807, 2.05) is 11.9 Å². The molecule has 0 aromatic rings. The molecule has 4 unspecified atom stereocenters. The van der Waals surface area contributed by atoms with Gasteiger partial charge in [0.15, 0.2) is 0 Å². The van der Waals surface area contributed by atoms with E-state index in [1.54, 1.807) is 6.92 Å². The fourth-order valence-electron chi connectivity index (χ4n) is 6.06. The van der Waals surface area contributed by atoms with E-state index in [-0.39, 0.29) is 23.9 Å². The molecule has 168 valence electrons. The summed E-state index contributed by atoms with van der Waals surface area (Å²) in [5.74, 6) is -0.0687. The van der Waals surface area contributed by atoms with Gasteiger partial charge in [-0.2, -0.15) is 13.2 Å². The van der Waals surface area contributed by atoms with Crippen molar-refractivity contribution in [3.05, 3.63) is 23.8 Å². The zero-order chi connectivity index (χ0) is 21.6. The number of alkyl halides is 3. The molecule has 0 aromatic carbocycles. The topological polar surface area (TPSA) is 35.6 Å². The molecule has 2 aliphatic carbocycles. The Morgan fingerprint density at radius 1 is 1.23 bits per heavy atom. The van der Waals surface area contributed by atoms with Gasteiger partial charge in [-0.1, -0.05) is 18.2 Å². The number of nitrogens with zero attached hydrogens (tertiary/aromatic N) is 2. The summed E-state index contributed by atoms with van der Waals surface area (Å²) in [4.78, 5) is 17.9. The zero-order valence-corrected chi connectivity index (χ0v) is 18.1. The van der Waals surface area contributed by atoms with Crippen molar-refractivity contribution in [2.24, 2.45) is 5.41 Å². The fourth-order valence-corrected chi connectivity index (χ4v) is 6.06. The van der Waals surface area contributed by atoms with Crippen LogP contribution in [0.5, 0.6) is 0 Å². The summed E-state index contributed by atoms with van der Waals surface area (Å²) in [5.41, 5.74) is -1.37. The predicted octanol–water partition coefficient (Wildman–Crippen LogP) is 4.04. The fraction of sp³-hybridized carbons (Fsp3) is 0.783. The first-order chi connectivity index (χ1) is 14.1. The van der Waals surface area contributed by atoms with Gasteiger partial charge in [0, 0.05) is 24.7 Å². The van der Waals surface area contributed by atoms with Gasteiger partial charge in [0.2, 0.25) is 5.91 Å². The highest BCUT2D eigenvalue weighted by atomic mass is 19.4. The Kier molecular flexibility index (Phi) is 5.81. The third-order valence-electron chi connectivity index (χ3n) is 7.91. The first kappa shape index (κ1) is 21.9. The van der Waals surface area contributed by atoms with E-state index in [0.717, 1.165) is 45.0 Å². The van der Waals surface area contributed by atoms with Gasteiger partial charge in [-0.25, -0.2) is 0 Å². The lowest BCUT2D eigenvalue weighted by Crippen LogP contribution is -2.61. The standard InChI is InChI=1S/C23H34F3N3O/c1-21(10-6-17(7-11-21)23(24,25)26)20(30)28(2)18-8-12-22(9-5-13-27-22)16-19(18)29-14-3-4-15-29/h6-7,10,18-19,27H,3-5,8-9,11-16H2,1-2H3. The molecule has 0 radical (unpaired) electrons. The van der Waals surface area contributed by atoms with E-state index in [0.29, 0.717) is 6.04 Å². The van der Waals surface area contributed by atoms with Crippen LogP contribution in [0.15, 0.2) is 23.8 Å². The van der Waals surface area contributed by atoms with Crippen molar-refractivity contribution in [2.75, 3.05) is 26.7 Å². The van der Waals surface area contributed by atoms with Gasteiger partial charge in [0.1, 0.15) is 0 Å². The molecule has 7 heteroatoms. The minimum Gasteiger partial charge on any atom is -0.340 e. The van der Waals surface area contributed by atoms with Crippen molar-refractivity contribution in [1.29, 1.82) is 0 Å².